The molecule has 1 heterocycles. The predicted molar refractivity (Wildman–Crippen MR) is 123 cm³/mol. The minimum atomic E-state index is 0.356. The monoisotopic (exact) mass is 433 g/mol. The van der Waals surface area contributed by atoms with Gasteiger partial charge in [-0.2, -0.15) is 0 Å². The van der Waals surface area contributed by atoms with E-state index >= 15 is 0 Å². The molecule has 0 amide bonds. The van der Waals surface area contributed by atoms with Crippen LogP contribution in [0.3, 0.4) is 0 Å². The number of rotatable bonds is 6. The van der Waals surface area contributed by atoms with E-state index in [1.54, 1.807) is 20.3 Å². The summed E-state index contributed by atoms with van der Waals surface area (Å²) in [5.74, 6) is 1.54. The third-order valence-corrected chi connectivity index (χ3v) is 5.90. The zero-order chi connectivity index (χ0) is 20.8. The highest BCUT2D eigenvalue weighted by molar-refractivity contribution is 7.80. The molecule has 1 fully saturated rings. The first kappa shape index (κ1) is 21.7. The molecule has 5 nitrogen and oxygen atoms in total. The van der Waals surface area contributed by atoms with E-state index in [9.17, 15) is 0 Å². The van der Waals surface area contributed by atoms with Crippen molar-refractivity contribution in [2.75, 3.05) is 39.7 Å². The maximum atomic E-state index is 6.10. The fourth-order valence-corrected chi connectivity index (χ4v) is 4.13. The van der Waals surface area contributed by atoms with Crippen LogP contribution in [0, 0.1) is 0 Å². The Kier molecular flexibility index (Phi) is 7.58. The fraction of sp³-hybridized carbons (Fsp3) is 0.409. The van der Waals surface area contributed by atoms with Crippen molar-refractivity contribution < 1.29 is 9.47 Å². The number of benzene rings is 2. The summed E-state index contributed by atoms with van der Waals surface area (Å²) in [4.78, 5) is 4.63. The summed E-state index contributed by atoms with van der Waals surface area (Å²) in [7, 11) is 5.49. The van der Waals surface area contributed by atoms with Gasteiger partial charge in [-0.15, -0.1) is 0 Å². The summed E-state index contributed by atoms with van der Waals surface area (Å²) in [5, 5.41) is 4.67. The summed E-state index contributed by atoms with van der Waals surface area (Å²) < 4.78 is 11.0. The van der Waals surface area contributed by atoms with Gasteiger partial charge in [0.15, 0.2) is 5.11 Å². The van der Waals surface area contributed by atoms with E-state index in [2.05, 4.69) is 28.2 Å². The first-order valence-electron chi connectivity index (χ1n) is 9.73. The SMILES string of the molecule is COc1ccccc1CN(C(=S)Nc1ccc(Cl)cc1OC)C1CCN(C)CC1. The molecule has 3 rings (SSSR count). The van der Waals surface area contributed by atoms with Crippen LogP contribution in [0.5, 0.6) is 11.5 Å². The van der Waals surface area contributed by atoms with Crippen LogP contribution < -0.4 is 14.8 Å². The molecule has 2 aromatic carbocycles. The van der Waals surface area contributed by atoms with Gasteiger partial charge in [0.1, 0.15) is 11.5 Å². The molecule has 1 aliphatic heterocycles. The Labute approximate surface area is 183 Å². The van der Waals surface area contributed by atoms with Gasteiger partial charge < -0.3 is 24.6 Å². The maximum absolute atomic E-state index is 6.10. The number of piperidine rings is 1. The van der Waals surface area contributed by atoms with Crippen LogP contribution in [0.1, 0.15) is 18.4 Å². The summed E-state index contributed by atoms with van der Waals surface area (Å²) in [6.45, 7) is 2.79. The predicted octanol–water partition coefficient (Wildman–Crippen LogP) is 4.65. The van der Waals surface area contributed by atoms with E-state index in [1.807, 2.05) is 30.3 Å². The maximum Gasteiger partial charge on any atom is 0.174 e. The minimum absolute atomic E-state index is 0.356. The molecule has 29 heavy (non-hydrogen) atoms. The Bertz CT molecular complexity index is 841. The first-order chi connectivity index (χ1) is 14.0. The number of nitrogens with one attached hydrogen (secondary N) is 1. The second-order valence-corrected chi connectivity index (χ2v) is 8.07. The number of hydrogen-bond acceptors (Lipinski definition) is 4. The number of para-hydroxylation sites is 1. The normalized spacial score (nSPS) is 15.0. The molecule has 1 aliphatic rings. The fourth-order valence-electron chi connectivity index (χ4n) is 3.65. The third-order valence-electron chi connectivity index (χ3n) is 5.33. The molecule has 0 radical (unpaired) electrons. The van der Waals surface area contributed by atoms with Crippen LogP contribution in [0.4, 0.5) is 5.69 Å². The molecule has 0 saturated carbocycles. The number of anilines is 1. The number of likely N-dealkylation sites (tertiary alicyclic amines) is 1. The molecule has 0 atom stereocenters. The Morgan fingerprint density at radius 2 is 1.83 bits per heavy atom. The molecule has 0 aromatic heterocycles. The zero-order valence-electron chi connectivity index (χ0n) is 17.2. The molecule has 0 aliphatic carbocycles. The van der Waals surface area contributed by atoms with E-state index in [1.165, 1.54) is 0 Å². The number of ether oxygens (including phenoxy) is 2. The zero-order valence-corrected chi connectivity index (χ0v) is 18.7. The summed E-state index contributed by atoms with van der Waals surface area (Å²) in [6, 6.07) is 14.0. The first-order valence-corrected chi connectivity index (χ1v) is 10.5. The van der Waals surface area contributed by atoms with Gasteiger partial charge in [0.05, 0.1) is 19.9 Å². The number of nitrogens with zero attached hydrogens (tertiary/aromatic N) is 2. The Balaban J connectivity index is 1.85. The van der Waals surface area contributed by atoms with Crippen LogP contribution in [0.2, 0.25) is 5.02 Å². The standard InChI is InChI=1S/C22H28ClN3O2S/c1-25-12-10-18(11-13-25)26(15-16-6-4-5-7-20(16)27-2)22(29)24-19-9-8-17(23)14-21(19)28-3/h4-9,14,18H,10-13,15H2,1-3H3,(H,24,29). The highest BCUT2D eigenvalue weighted by atomic mass is 35.5. The van der Waals surface area contributed by atoms with Crippen LogP contribution >= 0.6 is 23.8 Å². The topological polar surface area (TPSA) is 37.0 Å². The molecule has 0 unspecified atom stereocenters. The molecule has 7 heteroatoms. The van der Waals surface area contributed by atoms with Crippen molar-refractivity contribution in [2.45, 2.75) is 25.4 Å². The lowest BCUT2D eigenvalue weighted by Crippen LogP contribution is -2.47. The number of thiocarbonyl (C=S) groups is 1. The Morgan fingerprint density at radius 3 is 2.52 bits per heavy atom. The van der Waals surface area contributed by atoms with Gasteiger partial charge in [0.25, 0.3) is 0 Å². The second-order valence-electron chi connectivity index (χ2n) is 7.25. The van der Waals surface area contributed by atoms with E-state index < -0.39 is 0 Å². The van der Waals surface area contributed by atoms with Gasteiger partial charge in [-0.25, -0.2) is 0 Å². The summed E-state index contributed by atoms with van der Waals surface area (Å²) in [6.07, 6.45) is 2.12. The lowest BCUT2D eigenvalue weighted by atomic mass is 10.0. The smallest absolute Gasteiger partial charge is 0.174 e. The largest absolute Gasteiger partial charge is 0.496 e. The highest BCUT2D eigenvalue weighted by Gasteiger charge is 2.26. The summed E-state index contributed by atoms with van der Waals surface area (Å²) in [5.41, 5.74) is 1.92. The third kappa shape index (κ3) is 5.53. The molecule has 1 saturated heterocycles. The van der Waals surface area contributed by atoms with Gasteiger partial charge in [0.2, 0.25) is 0 Å². The number of hydrogen-bond donors (Lipinski definition) is 1. The quantitative estimate of drug-likeness (QED) is 0.668. The molecular formula is C22H28ClN3O2S. The van der Waals surface area contributed by atoms with Crippen LogP contribution in [-0.2, 0) is 6.54 Å². The van der Waals surface area contributed by atoms with Crippen molar-refractivity contribution in [2.24, 2.45) is 0 Å². The lowest BCUT2D eigenvalue weighted by molar-refractivity contribution is 0.173. The van der Waals surface area contributed by atoms with Crippen molar-refractivity contribution >= 4 is 34.6 Å². The van der Waals surface area contributed by atoms with Crippen LogP contribution in [-0.4, -0.2) is 55.3 Å². The van der Waals surface area contributed by atoms with Crippen molar-refractivity contribution in [3.05, 3.63) is 53.1 Å². The molecule has 1 N–H and O–H groups in total. The minimum Gasteiger partial charge on any atom is -0.496 e. The van der Waals surface area contributed by atoms with Crippen molar-refractivity contribution in [1.29, 1.82) is 0 Å². The van der Waals surface area contributed by atoms with Gasteiger partial charge in [-0.3, -0.25) is 0 Å². The molecule has 2 aromatic rings. The lowest BCUT2D eigenvalue weighted by Gasteiger charge is -2.39. The van der Waals surface area contributed by atoms with Gasteiger partial charge in [0, 0.05) is 29.2 Å². The molecule has 156 valence electrons. The van der Waals surface area contributed by atoms with Crippen molar-refractivity contribution in [3.8, 4) is 11.5 Å². The van der Waals surface area contributed by atoms with Gasteiger partial charge in [-0.1, -0.05) is 29.8 Å². The Hall–Kier alpha value is -2.02. The van der Waals surface area contributed by atoms with Crippen LogP contribution in [0.15, 0.2) is 42.5 Å². The van der Waals surface area contributed by atoms with Gasteiger partial charge in [-0.05, 0) is 63.4 Å². The molecule has 0 bridgehead atoms. The molecule has 0 spiro atoms. The molecular weight excluding hydrogens is 406 g/mol. The van der Waals surface area contributed by atoms with E-state index in [0.717, 1.165) is 42.9 Å². The van der Waals surface area contributed by atoms with Crippen molar-refractivity contribution in [1.82, 2.24) is 9.80 Å². The van der Waals surface area contributed by atoms with E-state index in [0.29, 0.717) is 28.5 Å². The number of methoxy groups -OCH3 is 2. The van der Waals surface area contributed by atoms with E-state index in [-0.39, 0.29) is 0 Å². The average molecular weight is 434 g/mol. The second kappa shape index (κ2) is 10.1. The Morgan fingerprint density at radius 1 is 1.14 bits per heavy atom. The average Bonchev–Trinajstić information content (AvgIpc) is 2.74. The van der Waals surface area contributed by atoms with Crippen molar-refractivity contribution in [3.63, 3.8) is 0 Å². The van der Waals surface area contributed by atoms with Crippen LogP contribution in [0.25, 0.3) is 0 Å². The van der Waals surface area contributed by atoms with E-state index in [4.69, 9.17) is 33.3 Å². The van der Waals surface area contributed by atoms with Gasteiger partial charge >= 0.3 is 0 Å². The summed E-state index contributed by atoms with van der Waals surface area (Å²) >= 11 is 12.0. The highest BCUT2D eigenvalue weighted by Crippen LogP contribution is 2.30. The number of halogens is 1.